The number of hydrogen-bond donors (Lipinski definition) is 0. The molecular formula is C14H21N5O3. The van der Waals surface area contributed by atoms with Gasteiger partial charge in [0.05, 0.1) is 45.2 Å². The van der Waals surface area contributed by atoms with Crippen LogP contribution in [-0.4, -0.2) is 64.2 Å². The summed E-state index contributed by atoms with van der Waals surface area (Å²) in [5.74, 6) is 0. The molecule has 0 fully saturated rings. The molecule has 0 spiro atoms. The lowest BCUT2D eigenvalue weighted by molar-refractivity contribution is 0.0139. The SMILES string of the molecule is N#CC1=CN(CCOCCOCCOCCN=[N+]=[N-])CC=C1. The van der Waals surface area contributed by atoms with Gasteiger partial charge in [-0.05, 0) is 11.6 Å². The lowest BCUT2D eigenvalue weighted by Crippen LogP contribution is -2.25. The van der Waals surface area contributed by atoms with Gasteiger partial charge in [-0.25, -0.2) is 0 Å². The molecule has 1 aliphatic rings. The van der Waals surface area contributed by atoms with E-state index in [1.165, 1.54) is 0 Å². The Hall–Kier alpha value is -2.04. The van der Waals surface area contributed by atoms with Crippen LogP contribution in [0.2, 0.25) is 0 Å². The number of hydrogen-bond acceptors (Lipinski definition) is 6. The maximum absolute atomic E-state index is 8.81. The van der Waals surface area contributed by atoms with Crippen molar-refractivity contribution in [2.24, 2.45) is 5.11 Å². The highest BCUT2D eigenvalue weighted by Crippen LogP contribution is 2.05. The molecular weight excluding hydrogens is 286 g/mol. The van der Waals surface area contributed by atoms with Gasteiger partial charge in [0.1, 0.15) is 6.07 Å². The van der Waals surface area contributed by atoms with Crippen molar-refractivity contribution >= 4 is 0 Å². The number of azide groups is 1. The summed E-state index contributed by atoms with van der Waals surface area (Å²) in [7, 11) is 0. The van der Waals surface area contributed by atoms with Crippen molar-refractivity contribution in [3.63, 3.8) is 0 Å². The summed E-state index contributed by atoms with van der Waals surface area (Å²) in [5.41, 5.74) is 8.72. The summed E-state index contributed by atoms with van der Waals surface area (Å²) in [6.07, 6.45) is 5.62. The van der Waals surface area contributed by atoms with Crippen LogP contribution in [0.3, 0.4) is 0 Å². The zero-order valence-electron chi connectivity index (χ0n) is 12.6. The molecule has 0 aromatic carbocycles. The highest BCUT2D eigenvalue weighted by atomic mass is 16.5. The van der Waals surface area contributed by atoms with Crippen LogP contribution in [0.4, 0.5) is 0 Å². The molecule has 8 nitrogen and oxygen atoms in total. The lowest BCUT2D eigenvalue weighted by atomic mass is 10.2. The molecule has 0 radical (unpaired) electrons. The summed E-state index contributed by atoms with van der Waals surface area (Å²) >= 11 is 0. The van der Waals surface area contributed by atoms with Crippen LogP contribution in [0.25, 0.3) is 10.4 Å². The Kier molecular flexibility index (Phi) is 10.4. The van der Waals surface area contributed by atoms with E-state index < -0.39 is 0 Å². The number of ether oxygens (including phenoxy) is 3. The van der Waals surface area contributed by atoms with E-state index in [-0.39, 0.29) is 0 Å². The first-order valence-electron chi connectivity index (χ1n) is 7.13. The van der Waals surface area contributed by atoms with Crippen molar-refractivity contribution in [1.82, 2.24) is 4.90 Å². The standard InChI is InChI=1S/C14H21N5O3/c15-12-14-2-1-4-19(13-14)5-7-21-9-11-22-10-8-20-6-3-17-18-16/h1-2,13H,3-11H2. The van der Waals surface area contributed by atoms with E-state index in [0.29, 0.717) is 51.8 Å². The molecule has 0 unspecified atom stereocenters. The molecule has 0 saturated carbocycles. The van der Waals surface area contributed by atoms with Crippen molar-refractivity contribution in [3.8, 4) is 6.07 Å². The summed E-state index contributed by atoms with van der Waals surface area (Å²) in [6, 6.07) is 2.12. The molecule has 1 aliphatic heterocycles. The molecule has 0 amide bonds. The molecule has 0 N–H and O–H groups in total. The summed E-state index contributed by atoms with van der Waals surface area (Å²) in [6.45, 7) is 4.90. The van der Waals surface area contributed by atoms with Gasteiger partial charge in [0, 0.05) is 30.7 Å². The van der Waals surface area contributed by atoms with Crippen LogP contribution < -0.4 is 0 Å². The third-order valence-corrected chi connectivity index (χ3v) is 2.75. The van der Waals surface area contributed by atoms with Crippen molar-refractivity contribution in [3.05, 3.63) is 34.4 Å². The molecule has 22 heavy (non-hydrogen) atoms. The fourth-order valence-electron chi connectivity index (χ4n) is 1.70. The largest absolute Gasteiger partial charge is 0.379 e. The van der Waals surface area contributed by atoms with Gasteiger partial charge in [-0.1, -0.05) is 11.2 Å². The van der Waals surface area contributed by atoms with Crippen LogP contribution in [0.1, 0.15) is 0 Å². The summed E-state index contributed by atoms with van der Waals surface area (Å²) < 4.78 is 16.0. The molecule has 0 bridgehead atoms. The number of rotatable bonds is 12. The topological polar surface area (TPSA) is 103 Å². The Bertz CT molecular complexity index is 452. The summed E-state index contributed by atoms with van der Waals surface area (Å²) in [5, 5.41) is 12.2. The minimum Gasteiger partial charge on any atom is -0.379 e. The number of nitrogens with zero attached hydrogens (tertiary/aromatic N) is 5. The normalized spacial score (nSPS) is 13.4. The van der Waals surface area contributed by atoms with Gasteiger partial charge in [-0.2, -0.15) is 5.26 Å². The average Bonchev–Trinajstić information content (AvgIpc) is 2.56. The molecule has 0 aromatic rings. The van der Waals surface area contributed by atoms with E-state index in [1.807, 2.05) is 23.3 Å². The molecule has 0 atom stereocenters. The first-order valence-corrected chi connectivity index (χ1v) is 7.13. The second kappa shape index (κ2) is 12.7. The van der Waals surface area contributed by atoms with Crippen molar-refractivity contribution in [2.45, 2.75) is 0 Å². The lowest BCUT2D eigenvalue weighted by Gasteiger charge is -2.21. The summed E-state index contributed by atoms with van der Waals surface area (Å²) in [4.78, 5) is 4.66. The third-order valence-electron chi connectivity index (χ3n) is 2.75. The molecule has 0 saturated heterocycles. The van der Waals surface area contributed by atoms with Gasteiger partial charge in [0.2, 0.25) is 0 Å². The first-order chi connectivity index (χ1) is 10.9. The third kappa shape index (κ3) is 9.00. The van der Waals surface area contributed by atoms with E-state index >= 15 is 0 Å². The highest BCUT2D eigenvalue weighted by Gasteiger charge is 2.04. The van der Waals surface area contributed by atoms with Crippen LogP contribution in [0, 0.1) is 11.3 Å². The Balaban J connectivity index is 1.86. The molecule has 0 aromatic heterocycles. The maximum atomic E-state index is 8.81. The van der Waals surface area contributed by atoms with Crippen molar-refractivity contribution in [1.29, 1.82) is 5.26 Å². The Morgan fingerprint density at radius 1 is 1.18 bits per heavy atom. The van der Waals surface area contributed by atoms with Crippen molar-refractivity contribution < 1.29 is 14.2 Å². The Morgan fingerprint density at radius 2 is 1.86 bits per heavy atom. The van der Waals surface area contributed by atoms with Gasteiger partial charge in [0.25, 0.3) is 0 Å². The second-order valence-corrected chi connectivity index (χ2v) is 4.39. The predicted octanol–water partition coefficient (Wildman–Crippen LogP) is 1.63. The van der Waals surface area contributed by atoms with Gasteiger partial charge in [-0.3, -0.25) is 0 Å². The predicted molar refractivity (Wildman–Crippen MR) is 80.9 cm³/mol. The van der Waals surface area contributed by atoms with Crippen LogP contribution in [-0.2, 0) is 14.2 Å². The minimum atomic E-state index is 0.341. The number of allylic oxidation sites excluding steroid dienone is 2. The zero-order chi connectivity index (χ0) is 15.9. The van der Waals surface area contributed by atoms with Crippen molar-refractivity contribution in [2.75, 3.05) is 59.3 Å². The Labute approximate surface area is 130 Å². The molecule has 120 valence electrons. The van der Waals surface area contributed by atoms with Crippen LogP contribution in [0.5, 0.6) is 0 Å². The zero-order valence-corrected chi connectivity index (χ0v) is 12.6. The Morgan fingerprint density at radius 3 is 2.55 bits per heavy atom. The average molecular weight is 307 g/mol. The van der Waals surface area contributed by atoms with Gasteiger partial charge >= 0.3 is 0 Å². The van der Waals surface area contributed by atoms with E-state index in [2.05, 4.69) is 16.1 Å². The highest BCUT2D eigenvalue weighted by molar-refractivity contribution is 5.34. The second-order valence-electron chi connectivity index (χ2n) is 4.39. The molecule has 1 rings (SSSR count). The van der Waals surface area contributed by atoms with Crippen LogP contribution in [0.15, 0.2) is 29.0 Å². The maximum Gasteiger partial charge on any atom is 0.101 e. The van der Waals surface area contributed by atoms with E-state index in [0.717, 1.165) is 13.1 Å². The minimum absolute atomic E-state index is 0.341. The molecule has 0 aliphatic carbocycles. The number of nitriles is 1. The van der Waals surface area contributed by atoms with E-state index in [4.69, 9.17) is 25.0 Å². The van der Waals surface area contributed by atoms with E-state index in [9.17, 15) is 0 Å². The first kappa shape index (κ1) is 18.0. The molecule has 8 heteroatoms. The quantitative estimate of drug-likeness (QED) is 0.236. The van der Waals surface area contributed by atoms with Gasteiger partial charge in [-0.15, -0.1) is 0 Å². The van der Waals surface area contributed by atoms with E-state index in [1.54, 1.807) is 0 Å². The van der Waals surface area contributed by atoms with Gasteiger partial charge in [0.15, 0.2) is 0 Å². The molecule has 1 heterocycles. The fraction of sp³-hybridized carbons (Fsp3) is 0.643. The fourth-order valence-corrected chi connectivity index (χ4v) is 1.70. The smallest absolute Gasteiger partial charge is 0.101 e. The van der Waals surface area contributed by atoms with Crippen LogP contribution >= 0.6 is 0 Å². The monoisotopic (exact) mass is 307 g/mol. The van der Waals surface area contributed by atoms with Gasteiger partial charge < -0.3 is 19.1 Å².